The Balaban J connectivity index is 1.26. The molecule has 7 heteroatoms. The molecule has 0 radical (unpaired) electrons. The van der Waals surface area contributed by atoms with E-state index in [0.717, 1.165) is 57.4 Å². The van der Waals surface area contributed by atoms with Gasteiger partial charge < -0.3 is 9.64 Å². The minimum absolute atomic E-state index is 0.0990. The Kier molecular flexibility index (Phi) is 3.17. The number of aromatic amines is 1. The van der Waals surface area contributed by atoms with Crippen molar-refractivity contribution in [2.24, 2.45) is 5.92 Å². The minimum Gasteiger partial charge on any atom is -0.365 e. The maximum absolute atomic E-state index is 12.9. The topological polar surface area (TPSA) is 80.2 Å². The molecule has 1 aromatic rings. The SMILES string of the molecule is O=C(N1CCC(n2nc(C3CC3)[nH]c2=O)CC1)C12CCC(CO1)C2. The third-order valence-corrected chi connectivity index (χ3v) is 6.28. The maximum atomic E-state index is 12.9. The van der Waals surface area contributed by atoms with Crippen molar-refractivity contribution >= 4 is 5.91 Å². The highest BCUT2D eigenvalue weighted by molar-refractivity contribution is 5.86. The number of fused-ring (bicyclic) bond motifs is 2. The number of ether oxygens (including phenoxy) is 1. The van der Waals surface area contributed by atoms with Crippen molar-refractivity contribution in [2.45, 2.75) is 62.5 Å². The lowest BCUT2D eigenvalue weighted by atomic mass is 9.97. The van der Waals surface area contributed by atoms with Gasteiger partial charge in [0.05, 0.1) is 12.6 Å². The molecule has 7 nitrogen and oxygen atoms in total. The fraction of sp³-hybridized carbons (Fsp3) is 0.824. The first-order chi connectivity index (χ1) is 11.6. The molecule has 4 aliphatic rings. The molecule has 2 saturated carbocycles. The summed E-state index contributed by atoms with van der Waals surface area (Å²) in [6, 6.07) is 0.101. The van der Waals surface area contributed by atoms with E-state index in [2.05, 4.69) is 10.1 Å². The second-order valence-corrected chi connectivity index (χ2v) is 7.97. The number of aromatic nitrogens is 3. The van der Waals surface area contributed by atoms with Crippen molar-refractivity contribution in [2.75, 3.05) is 19.7 Å². The average molecular weight is 332 g/mol. The number of H-pyrrole nitrogens is 1. The molecule has 4 fully saturated rings. The van der Waals surface area contributed by atoms with Crippen LogP contribution in [-0.4, -0.2) is 50.9 Å². The molecule has 2 bridgehead atoms. The van der Waals surface area contributed by atoms with Crippen molar-refractivity contribution in [1.29, 1.82) is 0 Å². The molecule has 24 heavy (non-hydrogen) atoms. The predicted molar refractivity (Wildman–Crippen MR) is 85.7 cm³/mol. The van der Waals surface area contributed by atoms with Crippen LogP contribution in [0.3, 0.4) is 0 Å². The second kappa shape index (κ2) is 5.18. The molecule has 0 spiro atoms. The number of nitrogens with one attached hydrogen (secondary N) is 1. The zero-order chi connectivity index (χ0) is 16.3. The molecule has 1 amide bonds. The molecule has 3 heterocycles. The van der Waals surface area contributed by atoms with Crippen LogP contribution in [0.1, 0.15) is 62.7 Å². The van der Waals surface area contributed by atoms with E-state index in [1.165, 1.54) is 0 Å². The summed E-state index contributed by atoms with van der Waals surface area (Å²) in [7, 11) is 0. The van der Waals surface area contributed by atoms with Crippen molar-refractivity contribution in [3.05, 3.63) is 16.3 Å². The highest BCUT2D eigenvalue weighted by Crippen LogP contribution is 2.45. The van der Waals surface area contributed by atoms with Gasteiger partial charge in [0.2, 0.25) is 0 Å². The number of hydrogen-bond acceptors (Lipinski definition) is 4. The first-order valence-electron chi connectivity index (χ1n) is 9.27. The summed E-state index contributed by atoms with van der Waals surface area (Å²) in [6.07, 6.45) is 6.73. The molecule has 2 saturated heterocycles. The van der Waals surface area contributed by atoms with Gasteiger partial charge in [0, 0.05) is 19.0 Å². The first-order valence-corrected chi connectivity index (χ1v) is 9.27. The van der Waals surface area contributed by atoms with Crippen LogP contribution >= 0.6 is 0 Å². The molecule has 2 unspecified atom stereocenters. The standard InChI is InChI=1S/C17H24N4O3/c22-15(17-6-3-11(9-17)10-24-17)20-7-4-13(5-8-20)21-16(23)18-14(19-21)12-1-2-12/h11-13H,1-10H2,(H,18,19,23). The lowest BCUT2D eigenvalue weighted by Gasteiger charge is -2.37. The lowest BCUT2D eigenvalue weighted by Crippen LogP contribution is -2.51. The number of likely N-dealkylation sites (tertiary alicyclic amines) is 1. The number of hydrogen-bond donors (Lipinski definition) is 1. The summed E-state index contributed by atoms with van der Waals surface area (Å²) in [5.41, 5.74) is -0.627. The molecule has 1 N–H and O–H groups in total. The van der Waals surface area contributed by atoms with Gasteiger partial charge in [-0.3, -0.25) is 9.78 Å². The van der Waals surface area contributed by atoms with Gasteiger partial charge in [-0.25, -0.2) is 9.48 Å². The van der Waals surface area contributed by atoms with Gasteiger partial charge in [-0.2, -0.15) is 5.10 Å². The Hall–Kier alpha value is -1.63. The number of nitrogens with zero attached hydrogens (tertiary/aromatic N) is 3. The normalized spacial score (nSPS) is 33.3. The van der Waals surface area contributed by atoms with E-state index in [1.54, 1.807) is 4.68 Å². The quantitative estimate of drug-likeness (QED) is 0.901. The second-order valence-electron chi connectivity index (χ2n) is 7.97. The average Bonchev–Trinajstić information content (AvgIpc) is 3.09. The van der Waals surface area contributed by atoms with Crippen LogP contribution in [0.15, 0.2) is 4.79 Å². The maximum Gasteiger partial charge on any atom is 0.343 e. The van der Waals surface area contributed by atoms with Crippen LogP contribution in [0.25, 0.3) is 0 Å². The molecule has 2 atom stereocenters. The Morgan fingerprint density at radius 1 is 1.21 bits per heavy atom. The molecule has 130 valence electrons. The number of carbonyl (C=O) groups is 1. The van der Waals surface area contributed by atoms with Crippen LogP contribution in [0.2, 0.25) is 0 Å². The van der Waals surface area contributed by atoms with E-state index in [-0.39, 0.29) is 17.6 Å². The molecule has 2 aliphatic heterocycles. The van der Waals surface area contributed by atoms with Crippen LogP contribution in [0, 0.1) is 5.92 Å². The van der Waals surface area contributed by atoms with E-state index in [4.69, 9.17) is 4.74 Å². The van der Waals surface area contributed by atoms with Gasteiger partial charge in [-0.15, -0.1) is 0 Å². The van der Waals surface area contributed by atoms with Gasteiger partial charge in [-0.05, 0) is 50.9 Å². The molecule has 5 rings (SSSR count). The van der Waals surface area contributed by atoms with E-state index in [0.29, 0.717) is 24.9 Å². The third kappa shape index (κ3) is 2.24. The monoisotopic (exact) mass is 332 g/mol. The summed E-state index contributed by atoms with van der Waals surface area (Å²) in [4.78, 5) is 29.9. The molecular formula is C17H24N4O3. The number of carbonyl (C=O) groups excluding carboxylic acids is 1. The number of rotatable bonds is 3. The van der Waals surface area contributed by atoms with Crippen LogP contribution in [0.5, 0.6) is 0 Å². The van der Waals surface area contributed by atoms with Crippen LogP contribution in [-0.2, 0) is 9.53 Å². The Bertz CT molecular complexity index is 704. The zero-order valence-corrected chi connectivity index (χ0v) is 13.9. The van der Waals surface area contributed by atoms with Crippen LogP contribution < -0.4 is 5.69 Å². The summed E-state index contributed by atoms with van der Waals surface area (Å²) in [5.74, 6) is 2.05. The van der Waals surface area contributed by atoms with Crippen molar-refractivity contribution < 1.29 is 9.53 Å². The summed E-state index contributed by atoms with van der Waals surface area (Å²) in [6.45, 7) is 2.13. The molecular weight excluding hydrogens is 308 g/mol. The summed E-state index contributed by atoms with van der Waals surface area (Å²) >= 11 is 0. The first kappa shape index (κ1) is 14.7. The van der Waals surface area contributed by atoms with Gasteiger partial charge in [0.25, 0.3) is 5.91 Å². The van der Waals surface area contributed by atoms with Gasteiger partial charge >= 0.3 is 5.69 Å². The Morgan fingerprint density at radius 2 is 2.00 bits per heavy atom. The van der Waals surface area contributed by atoms with E-state index in [1.807, 2.05) is 4.90 Å². The van der Waals surface area contributed by atoms with Gasteiger partial charge in [0.1, 0.15) is 11.4 Å². The fourth-order valence-corrected chi connectivity index (χ4v) is 4.66. The third-order valence-electron chi connectivity index (χ3n) is 6.28. The van der Waals surface area contributed by atoms with Gasteiger partial charge in [0.15, 0.2) is 0 Å². The number of piperidine rings is 1. The fourth-order valence-electron chi connectivity index (χ4n) is 4.66. The Labute approximate surface area is 140 Å². The Morgan fingerprint density at radius 3 is 2.58 bits per heavy atom. The van der Waals surface area contributed by atoms with E-state index >= 15 is 0 Å². The zero-order valence-electron chi connectivity index (χ0n) is 13.9. The summed E-state index contributed by atoms with van der Waals surface area (Å²) in [5, 5.41) is 4.50. The molecule has 1 aromatic heterocycles. The smallest absolute Gasteiger partial charge is 0.343 e. The lowest BCUT2D eigenvalue weighted by molar-refractivity contribution is -0.155. The van der Waals surface area contributed by atoms with Crippen molar-refractivity contribution in [1.82, 2.24) is 19.7 Å². The van der Waals surface area contributed by atoms with Crippen LogP contribution in [0.4, 0.5) is 0 Å². The van der Waals surface area contributed by atoms with Crippen molar-refractivity contribution in [3.63, 3.8) is 0 Å². The molecule has 2 aliphatic carbocycles. The van der Waals surface area contributed by atoms with Gasteiger partial charge in [-0.1, -0.05) is 0 Å². The largest absolute Gasteiger partial charge is 0.365 e. The number of amides is 1. The summed E-state index contributed by atoms with van der Waals surface area (Å²) < 4.78 is 7.47. The highest BCUT2D eigenvalue weighted by atomic mass is 16.5. The molecule has 0 aromatic carbocycles. The van der Waals surface area contributed by atoms with E-state index < -0.39 is 5.60 Å². The highest BCUT2D eigenvalue weighted by Gasteiger charge is 2.53. The minimum atomic E-state index is -0.528. The van der Waals surface area contributed by atoms with Crippen molar-refractivity contribution in [3.8, 4) is 0 Å². The van der Waals surface area contributed by atoms with E-state index in [9.17, 15) is 9.59 Å². The predicted octanol–water partition coefficient (Wildman–Crippen LogP) is 1.18.